The number of aromatic hydroxyl groups is 1. The average molecular weight is 294 g/mol. The van der Waals surface area contributed by atoms with Crippen molar-refractivity contribution in [1.82, 2.24) is 9.38 Å². The summed E-state index contributed by atoms with van der Waals surface area (Å²) in [6, 6.07) is 14.4. The van der Waals surface area contributed by atoms with E-state index in [2.05, 4.69) is 4.98 Å². The zero-order valence-corrected chi connectivity index (χ0v) is 11.7. The summed E-state index contributed by atoms with van der Waals surface area (Å²) in [5, 5.41) is 9.29. The van der Waals surface area contributed by atoms with Crippen molar-refractivity contribution in [3.63, 3.8) is 0 Å². The highest BCUT2D eigenvalue weighted by Gasteiger charge is 2.10. The molecule has 4 rings (SSSR count). The Morgan fingerprint density at radius 2 is 1.86 bits per heavy atom. The monoisotopic (exact) mass is 294 g/mol. The van der Waals surface area contributed by atoms with Crippen molar-refractivity contribution in [2.45, 2.75) is 0 Å². The van der Waals surface area contributed by atoms with Crippen LogP contribution in [-0.2, 0) is 0 Å². The Balaban J connectivity index is 2.00. The minimum absolute atomic E-state index is 0.0585. The molecule has 0 aliphatic carbocycles. The fourth-order valence-corrected chi connectivity index (χ4v) is 3.32. The molecule has 0 saturated carbocycles. The second-order valence-corrected chi connectivity index (χ2v) is 5.73. The Labute approximate surface area is 123 Å². The largest absolute Gasteiger partial charge is 0.508 e. The van der Waals surface area contributed by atoms with Crippen molar-refractivity contribution in [3.8, 4) is 5.75 Å². The smallest absolute Gasteiger partial charge is 0.274 e. The molecule has 2 aromatic carbocycles. The summed E-state index contributed by atoms with van der Waals surface area (Å²) in [5.74, 6) is 0.210. The van der Waals surface area contributed by atoms with Crippen LogP contribution >= 0.6 is 11.3 Å². The number of rotatable bonds is 1. The number of phenols is 1. The predicted octanol–water partition coefficient (Wildman–Crippen LogP) is 2.16. The molecule has 21 heavy (non-hydrogen) atoms. The number of para-hydroxylation sites is 2. The van der Waals surface area contributed by atoms with E-state index in [0.717, 1.165) is 16.6 Å². The molecule has 5 heteroatoms. The van der Waals surface area contributed by atoms with Gasteiger partial charge in [0.25, 0.3) is 5.56 Å². The average Bonchev–Trinajstić information content (AvgIpc) is 2.99. The predicted molar refractivity (Wildman–Crippen MR) is 83.7 cm³/mol. The third-order valence-electron chi connectivity index (χ3n) is 3.34. The van der Waals surface area contributed by atoms with Gasteiger partial charge in [0.1, 0.15) is 5.75 Å². The van der Waals surface area contributed by atoms with Crippen LogP contribution in [-0.4, -0.2) is 14.5 Å². The molecule has 2 heterocycles. The van der Waals surface area contributed by atoms with Gasteiger partial charge in [0.2, 0.25) is 0 Å². The lowest BCUT2D eigenvalue weighted by Crippen LogP contribution is -2.22. The second-order valence-electron chi connectivity index (χ2n) is 4.73. The van der Waals surface area contributed by atoms with Crippen LogP contribution in [0.5, 0.6) is 5.75 Å². The third-order valence-corrected chi connectivity index (χ3v) is 4.30. The van der Waals surface area contributed by atoms with Crippen LogP contribution in [0.3, 0.4) is 0 Å². The lowest BCUT2D eigenvalue weighted by atomic mass is 10.2. The molecule has 0 amide bonds. The number of aromatic nitrogens is 2. The molecule has 0 atom stereocenters. The molecule has 1 N–H and O–H groups in total. The van der Waals surface area contributed by atoms with Gasteiger partial charge in [-0.1, -0.05) is 35.6 Å². The van der Waals surface area contributed by atoms with E-state index in [4.69, 9.17) is 0 Å². The maximum Gasteiger partial charge on any atom is 0.274 e. The number of hydrogen-bond donors (Lipinski definition) is 1. The topological polar surface area (TPSA) is 54.6 Å². The lowest BCUT2D eigenvalue weighted by molar-refractivity contribution is 0.475. The van der Waals surface area contributed by atoms with Gasteiger partial charge in [-0.2, -0.15) is 0 Å². The maximum absolute atomic E-state index is 12.5. The zero-order valence-electron chi connectivity index (χ0n) is 10.9. The molecule has 102 valence electrons. The van der Waals surface area contributed by atoms with E-state index >= 15 is 0 Å². The van der Waals surface area contributed by atoms with Crippen LogP contribution in [0.2, 0.25) is 0 Å². The first-order valence-corrected chi connectivity index (χ1v) is 7.25. The summed E-state index contributed by atoms with van der Waals surface area (Å²) < 4.78 is 2.28. The molecular weight excluding hydrogens is 284 g/mol. The number of phenolic OH excluding ortho intramolecular Hbond substituents is 1. The Morgan fingerprint density at radius 3 is 2.67 bits per heavy atom. The van der Waals surface area contributed by atoms with E-state index in [-0.39, 0.29) is 11.3 Å². The van der Waals surface area contributed by atoms with Gasteiger partial charge in [-0.05, 0) is 35.9 Å². The maximum atomic E-state index is 12.5. The normalized spacial score (nSPS) is 12.5. The van der Waals surface area contributed by atoms with Crippen LogP contribution < -0.4 is 10.1 Å². The van der Waals surface area contributed by atoms with E-state index in [1.54, 1.807) is 28.7 Å². The summed E-state index contributed by atoms with van der Waals surface area (Å²) in [7, 11) is 0. The fraction of sp³-hybridized carbons (Fsp3) is 0. The standard InChI is InChI=1S/C16H10N2O2S/c19-11-7-5-10(6-8-11)9-14-15(20)18-13-4-2-1-3-12(13)17-16(18)21-14/h1-9,19H. The first-order valence-electron chi connectivity index (χ1n) is 6.43. The van der Waals surface area contributed by atoms with Crippen molar-refractivity contribution in [2.24, 2.45) is 0 Å². The van der Waals surface area contributed by atoms with Crippen LogP contribution in [0.25, 0.3) is 22.1 Å². The third kappa shape index (κ3) is 1.90. The number of fused-ring (bicyclic) bond motifs is 3. The minimum atomic E-state index is -0.0585. The highest BCUT2D eigenvalue weighted by atomic mass is 32.1. The first kappa shape index (κ1) is 12.1. The van der Waals surface area contributed by atoms with Crippen molar-refractivity contribution in [1.29, 1.82) is 0 Å². The van der Waals surface area contributed by atoms with E-state index in [1.807, 2.05) is 30.3 Å². The number of thiazole rings is 1. The molecule has 0 unspecified atom stereocenters. The van der Waals surface area contributed by atoms with Crippen molar-refractivity contribution < 1.29 is 5.11 Å². The summed E-state index contributed by atoms with van der Waals surface area (Å²) in [5.41, 5.74) is 2.48. The molecule has 2 aromatic heterocycles. The Bertz CT molecular complexity index is 1060. The summed E-state index contributed by atoms with van der Waals surface area (Å²) in [6.45, 7) is 0. The van der Waals surface area contributed by atoms with Gasteiger partial charge < -0.3 is 5.11 Å². The summed E-state index contributed by atoms with van der Waals surface area (Å²) in [4.78, 5) is 17.7. The first-order chi connectivity index (χ1) is 10.2. The molecule has 4 nitrogen and oxygen atoms in total. The van der Waals surface area contributed by atoms with Crippen molar-refractivity contribution in [3.05, 3.63) is 69.0 Å². The molecule has 0 aliphatic heterocycles. The highest BCUT2D eigenvalue weighted by molar-refractivity contribution is 7.15. The van der Waals surface area contributed by atoms with Gasteiger partial charge in [-0.15, -0.1) is 0 Å². The molecule has 0 aliphatic rings. The van der Waals surface area contributed by atoms with Gasteiger partial charge in [0, 0.05) is 0 Å². The van der Waals surface area contributed by atoms with Gasteiger partial charge in [0.15, 0.2) is 4.96 Å². The number of benzene rings is 2. The van der Waals surface area contributed by atoms with Crippen molar-refractivity contribution in [2.75, 3.05) is 0 Å². The molecule has 0 bridgehead atoms. The lowest BCUT2D eigenvalue weighted by Gasteiger charge is -1.92. The zero-order chi connectivity index (χ0) is 14.4. The number of hydrogen-bond acceptors (Lipinski definition) is 4. The Kier molecular flexibility index (Phi) is 2.55. The van der Waals surface area contributed by atoms with Crippen LogP contribution in [0, 0.1) is 0 Å². The van der Waals surface area contributed by atoms with Crippen LogP contribution in [0.1, 0.15) is 5.56 Å². The molecule has 4 aromatic rings. The molecular formula is C16H10N2O2S. The molecule has 0 spiro atoms. The van der Waals surface area contributed by atoms with E-state index in [1.165, 1.54) is 11.3 Å². The number of nitrogens with zero attached hydrogens (tertiary/aromatic N) is 2. The summed E-state index contributed by atoms with van der Waals surface area (Å²) >= 11 is 1.37. The summed E-state index contributed by atoms with van der Waals surface area (Å²) in [6.07, 6.45) is 1.82. The van der Waals surface area contributed by atoms with Crippen LogP contribution in [0.4, 0.5) is 0 Å². The van der Waals surface area contributed by atoms with E-state index in [0.29, 0.717) is 9.49 Å². The molecule has 0 fully saturated rings. The van der Waals surface area contributed by atoms with Gasteiger partial charge >= 0.3 is 0 Å². The quantitative estimate of drug-likeness (QED) is 0.585. The Hall–Kier alpha value is -2.66. The van der Waals surface area contributed by atoms with Gasteiger partial charge in [0.05, 0.1) is 15.6 Å². The van der Waals surface area contributed by atoms with Gasteiger partial charge in [-0.25, -0.2) is 9.38 Å². The number of imidazole rings is 1. The van der Waals surface area contributed by atoms with Crippen LogP contribution in [0.15, 0.2) is 53.3 Å². The van der Waals surface area contributed by atoms with E-state index < -0.39 is 0 Å². The molecule has 0 saturated heterocycles. The minimum Gasteiger partial charge on any atom is -0.508 e. The molecule has 0 radical (unpaired) electrons. The second kappa shape index (κ2) is 4.43. The highest BCUT2D eigenvalue weighted by Crippen LogP contribution is 2.16. The Morgan fingerprint density at radius 1 is 1.10 bits per heavy atom. The fourth-order valence-electron chi connectivity index (χ4n) is 2.33. The van der Waals surface area contributed by atoms with E-state index in [9.17, 15) is 9.90 Å². The van der Waals surface area contributed by atoms with Gasteiger partial charge in [-0.3, -0.25) is 4.79 Å². The van der Waals surface area contributed by atoms with Crippen molar-refractivity contribution >= 4 is 33.4 Å². The SMILES string of the molecule is O=c1c(=Cc2ccc(O)cc2)sc2nc3ccccc3n12.